The van der Waals surface area contributed by atoms with Crippen LogP contribution in [0.2, 0.25) is 0 Å². The number of fused-ring (bicyclic) bond motifs is 1. The van der Waals surface area contributed by atoms with Crippen LogP contribution in [0.5, 0.6) is 5.75 Å². The van der Waals surface area contributed by atoms with Crippen LogP contribution in [0.3, 0.4) is 0 Å². The minimum Gasteiger partial charge on any atom is -0.494 e. The Balaban J connectivity index is 1.68. The third kappa shape index (κ3) is 3.58. The predicted octanol–water partition coefficient (Wildman–Crippen LogP) is 6.58. The Labute approximate surface area is 159 Å². The van der Waals surface area contributed by atoms with Crippen molar-refractivity contribution in [1.29, 1.82) is 0 Å². The number of alkyl halides is 3. The number of oxazole rings is 1. The first kappa shape index (κ1) is 18.1. The number of rotatable bonds is 4. The lowest BCUT2D eigenvalue weighted by Crippen LogP contribution is -2.03. The minimum atomic E-state index is -4.35. The Bertz CT molecular complexity index is 1110. The van der Waals surface area contributed by atoms with Crippen LogP contribution in [0, 0.1) is 0 Å². The molecule has 0 saturated heterocycles. The number of hydrogen-bond donors (Lipinski definition) is 0. The van der Waals surface area contributed by atoms with E-state index in [0.717, 1.165) is 29.0 Å². The Morgan fingerprint density at radius 2 is 1.64 bits per heavy atom. The quantitative estimate of drug-likeness (QED) is 0.399. The standard InChI is InChI=1S/C22H16F3NO2/c1-2-27-18-5-3-4-16(12-18)21-26-19-11-8-15(13-20(19)28-21)14-6-9-17(10-7-14)22(23,24)25/h3-13H,2H2,1H3. The first-order valence-electron chi connectivity index (χ1n) is 8.75. The number of nitrogens with zero attached hydrogens (tertiary/aromatic N) is 1. The highest BCUT2D eigenvalue weighted by Gasteiger charge is 2.30. The van der Waals surface area contributed by atoms with Crippen LogP contribution in [-0.4, -0.2) is 11.6 Å². The second-order valence-corrected chi connectivity index (χ2v) is 6.24. The summed E-state index contributed by atoms with van der Waals surface area (Å²) in [6, 6.07) is 17.9. The van der Waals surface area contributed by atoms with Gasteiger partial charge in [-0.3, -0.25) is 0 Å². The number of benzene rings is 3. The fourth-order valence-electron chi connectivity index (χ4n) is 2.96. The van der Waals surface area contributed by atoms with E-state index in [-0.39, 0.29) is 0 Å². The van der Waals surface area contributed by atoms with Crippen molar-refractivity contribution in [1.82, 2.24) is 4.98 Å². The molecule has 0 aliphatic carbocycles. The second kappa shape index (κ2) is 7.03. The van der Waals surface area contributed by atoms with Gasteiger partial charge in [0.2, 0.25) is 5.89 Å². The molecule has 0 N–H and O–H groups in total. The summed E-state index contributed by atoms with van der Waals surface area (Å²) in [4.78, 5) is 4.49. The maximum absolute atomic E-state index is 12.7. The van der Waals surface area contributed by atoms with E-state index in [1.165, 1.54) is 12.1 Å². The van der Waals surface area contributed by atoms with Crippen LogP contribution in [0.15, 0.2) is 71.1 Å². The predicted molar refractivity (Wildman–Crippen MR) is 101 cm³/mol. The molecule has 6 heteroatoms. The molecular weight excluding hydrogens is 367 g/mol. The van der Waals surface area contributed by atoms with Crippen LogP contribution in [0.1, 0.15) is 12.5 Å². The summed E-state index contributed by atoms with van der Waals surface area (Å²) < 4.78 is 49.6. The maximum atomic E-state index is 12.7. The summed E-state index contributed by atoms with van der Waals surface area (Å²) in [6.07, 6.45) is -4.35. The molecule has 28 heavy (non-hydrogen) atoms. The molecule has 0 aliphatic rings. The van der Waals surface area contributed by atoms with Crippen LogP contribution in [0.4, 0.5) is 13.2 Å². The normalized spacial score (nSPS) is 11.7. The molecule has 0 fully saturated rings. The zero-order valence-corrected chi connectivity index (χ0v) is 15.0. The van der Waals surface area contributed by atoms with E-state index in [2.05, 4.69) is 4.98 Å². The maximum Gasteiger partial charge on any atom is 0.416 e. The minimum absolute atomic E-state index is 0.459. The van der Waals surface area contributed by atoms with Crippen molar-refractivity contribution in [2.45, 2.75) is 13.1 Å². The van der Waals surface area contributed by atoms with E-state index < -0.39 is 11.7 Å². The lowest BCUT2D eigenvalue weighted by Gasteiger charge is -2.07. The van der Waals surface area contributed by atoms with Gasteiger partial charge in [0.25, 0.3) is 0 Å². The van der Waals surface area contributed by atoms with Gasteiger partial charge in [-0.15, -0.1) is 0 Å². The van der Waals surface area contributed by atoms with Gasteiger partial charge in [0.15, 0.2) is 5.58 Å². The molecule has 3 aromatic carbocycles. The smallest absolute Gasteiger partial charge is 0.416 e. The van der Waals surface area contributed by atoms with E-state index in [4.69, 9.17) is 9.15 Å². The van der Waals surface area contributed by atoms with Crippen molar-refractivity contribution < 1.29 is 22.3 Å². The van der Waals surface area contributed by atoms with Crippen molar-refractivity contribution >= 4 is 11.1 Å². The van der Waals surface area contributed by atoms with Gasteiger partial charge in [0.05, 0.1) is 12.2 Å². The SMILES string of the molecule is CCOc1cccc(-c2nc3ccc(-c4ccc(C(F)(F)F)cc4)cc3o2)c1. The summed E-state index contributed by atoms with van der Waals surface area (Å²) in [5, 5.41) is 0. The van der Waals surface area contributed by atoms with Gasteiger partial charge < -0.3 is 9.15 Å². The Hall–Kier alpha value is -3.28. The topological polar surface area (TPSA) is 35.3 Å². The molecule has 3 nitrogen and oxygen atoms in total. The van der Waals surface area contributed by atoms with Crippen molar-refractivity contribution in [3.8, 4) is 28.3 Å². The molecule has 142 valence electrons. The molecule has 0 amide bonds. The molecule has 0 aliphatic heterocycles. The molecule has 0 unspecified atom stereocenters. The fraction of sp³-hybridized carbons (Fsp3) is 0.136. The number of aromatic nitrogens is 1. The van der Waals surface area contributed by atoms with Gasteiger partial charge in [-0.1, -0.05) is 24.3 Å². The average Bonchev–Trinajstić information content (AvgIpc) is 3.11. The molecule has 0 atom stereocenters. The van der Waals surface area contributed by atoms with E-state index in [1.807, 2.05) is 37.3 Å². The molecule has 4 rings (SSSR count). The van der Waals surface area contributed by atoms with Crippen molar-refractivity contribution in [3.05, 3.63) is 72.3 Å². The van der Waals surface area contributed by atoms with E-state index in [1.54, 1.807) is 12.1 Å². The molecule has 1 heterocycles. The fourth-order valence-corrected chi connectivity index (χ4v) is 2.96. The van der Waals surface area contributed by atoms with Crippen LogP contribution < -0.4 is 4.74 Å². The Morgan fingerprint density at radius 1 is 0.893 bits per heavy atom. The highest BCUT2D eigenvalue weighted by molar-refractivity contribution is 5.82. The Morgan fingerprint density at radius 3 is 2.36 bits per heavy atom. The number of hydrogen-bond acceptors (Lipinski definition) is 3. The molecule has 0 saturated carbocycles. The number of ether oxygens (including phenoxy) is 1. The molecule has 0 radical (unpaired) electrons. The zero-order chi connectivity index (χ0) is 19.7. The lowest BCUT2D eigenvalue weighted by atomic mass is 10.0. The summed E-state index contributed by atoms with van der Waals surface area (Å²) in [5.74, 6) is 1.19. The number of halogens is 3. The third-order valence-electron chi connectivity index (χ3n) is 4.33. The van der Waals surface area contributed by atoms with Crippen molar-refractivity contribution in [2.75, 3.05) is 6.61 Å². The summed E-state index contributed by atoms with van der Waals surface area (Å²) in [5.41, 5.74) is 2.78. The molecular formula is C22H16F3NO2. The summed E-state index contributed by atoms with van der Waals surface area (Å²) >= 11 is 0. The average molecular weight is 383 g/mol. The highest BCUT2D eigenvalue weighted by atomic mass is 19.4. The van der Waals surface area contributed by atoms with Gasteiger partial charge in [0, 0.05) is 5.56 Å². The lowest BCUT2D eigenvalue weighted by molar-refractivity contribution is -0.137. The van der Waals surface area contributed by atoms with Crippen LogP contribution >= 0.6 is 0 Å². The molecule has 1 aromatic heterocycles. The molecule has 4 aromatic rings. The largest absolute Gasteiger partial charge is 0.494 e. The van der Waals surface area contributed by atoms with Crippen molar-refractivity contribution in [3.63, 3.8) is 0 Å². The first-order valence-corrected chi connectivity index (χ1v) is 8.75. The van der Waals surface area contributed by atoms with Crippen LogP contribution in [-0.2, 0) is 6.18 Å². The van der Waals surface area contributed by atoms with Gasteiger partial charge in [-0.2, -0.15) is 13.2 Å². The zero-order valence-electron chi connectivity index (χ0n) is 15.0. The van der Waals surface area contributed by atoms with E-state index in [9.17, 15) is 13.2 Å². The van der Waals surface area contributed by atoms with Crippen molar-refractivity contribution in [2.24, 2.45) is 0 Å². The summed E-state index contributed by atoms with van der Waals surface area (Å²) in [7, 11) is 0. The first-order chi connectivity index (χ1) is 13.4. The van der Waals surface area contributed by atoms with Gasteiger partial charge in [-0.05, 0) is 60.5 Å². The van der Waals surface area contributed by atoms with Crippen LogP contribution in [0.25, 0.3) is 33.7 Å². The highest BCUT2D eigenvalue weighted by Crippen LogP contribution is 2.33. The Kier molecular flexibility index (Phi) is 4.55. The van der Waals surface area contributed by atoms with E-state index >= 15 is 0 Å². The van der Waals surface area contributed by atoms with Gasteiger partial charge >= 0.3 is 6.18 Å². The van der Waals surface area contributed by atoms with Gasteiger partial charge in [0.1, 0.15) is 11.3 Å². The monoisotopic (exact) mass is 383 g/mol. The molecule has 0 spiro atoms. The second-order valence-electron chi connectivity index (χ2n) is 6.24. The summed E-state index contributed by atoms with van der Waals surface area (Å²) in [6.45, 7) is 2.47. The van der Waals surface area contributed by atoms with Gasteiger partial charge in [-0.25, -0.2) is 4.98 Å². The third-order valence-corrected chi connectivity index (χ3v) is 4.33. The van der Waals surface area contributed by atoms with E-state index in [0.29, 0.717) is 29.2 Å². The molecule has 0 bridgehead atoms.